The van der Waals surface area contributed by atoms with E-state index >= 15 is 0 Å². The molecule has 0 aliphatic carbocycles. The van der Waals surface area contributed by atoms with Crippen LogP contribution in [-0.2, 0) is 54.5 Å². The van der Waals surface area contributed by atoms with Gasteiger partial charge in [0.15, 0.2) is 93.9 Å². The molecule has 0 amide bonds. The van der Waals surface area contributed by atoms with Crippen LogP contribution in [0.1, 0.15) is 51.4 Å². The van der Waals surface area contributed by atoms with Crippen molar-refractivity contribution in [3.63, 3.8) is 0 Å². The zero-order valence-electron chi connectivity index (χ0n) is 39.3. The zero-order valence-corrected chi connectivity index (χ0v) is 45.0. The lowest BCUT2D eigenvalue weighted by atomic mass is 10.3. The Morgan fingerprint density at radius 3 is 0.789 bits per heavy atom. The van der Waals surface area contributed by atoms with E-state index in [0.717, 1.165) is 73.6 Å². The summed E-state index contributed by atoms with van der Waals surface area (Å²) in [6.07, 6.45) is 9.81. The van der Waals surface area contributed by atoms with Gasteiger partial charge >= 0.3 is 0 Å². The van der Waals surface area contributed by atoms with Gasteiger partial charge in [-0.05, 0) is 87.8 Å². The van der Waals surface area contributed by atoms with Crippen LogP contribution in [-0.4, -0.2) is 106 Å². The first-order valence-electron chi connectivity index (χ1n) is 23.5. The molecule has 5 fully saturated rings. The minimum atomic E-state index is -0.867. The lowest BCUT2D eigenvalue weighted by Crippen LogP contribution is -2.21. The van der Waals surface area contributed by atoms with Crippen molar-refractivity contribution >= 4 is 78.0 Å². The summed E-state index contributed by atoms with van der Waals surface area (Å²) in [7, 11) is 0.587. The smallest absolute Gasteiger partial charge is 0.188 e. The average molecular weight is 1120 g/mol. The second-order valence-corrected chi connectivity index (χ2v) is 30.7. The number of aromatic hydroxyl groups is 5. The molecule has 0 unspecified atom stereocenters. The predicted molar refractivity (Wildman–Crippen MR) is 289 cm³/mol. The largest absolute Gasteiger partial charge is 0.505 e. The second kappa shape index (κ2) is 29.2. The zero-order chi connectivity index (χ0) is 50.9. The van der Waals surface area contributed by atoms with Crippen LogP contribution in [0, 0.1) is 40.7 Å². The molecule has 5 aromatic carbocycles. The van der Waals surface area contributed by atoms with Crippen molar-refractivity contribution in [2.45, 2.75) is 75.8 Å². The van der Waals surface area contributed by atoms with Crippen molar-refractivity contribution < 1.29 is 56.3 Å². The van der Waals surface area contributed by atoms with E-state index in [4.69, 9.17) is 25.5 Å². The molecule has 5 saturated heterocycles. The molecule has 0 bridgehead atoms. The normalized spacial score (nSPS) is 18.1. The second-order valence-electron chi connectivity index (χ2n) is 16.9. The van der Waals surface area contributed by atoms with E-state index in [-0.39, 0.29) is 71.7 Å². The summed E-state index contributed by atoms with van der Waals surface area (Å²) in [5.74, 6) is 8.15. The number of hydrogen-bond acceptors (Lipinski definition) is 7. The molecule has 5 N–H and O–H groups in total. The van der Waals surface area contributed by atoms with Crippen molar-refractivity contribution in [3.8, 4) is 28.7 Å². The van der Waals surface area contributed by atoms with E-state index in [2.05, 4.69) is 0 Å². The fourth-order valence-electron chi connectivity index (χ4n) is 7.96. The van der Waals surface area contributed by atoms with E-state index in [1.54, 1.807) is 0 Å². The molecule has 0 spiro atoms. The molecule has 386 valence electrons. The van der Waals surface area contributed by atoms with Gasteiger partial charge in [0.2, 0.25) is 0 Å². The van der Waals surface area contributed by atoms with Gasteiger partial charge in [-0.3, -0.25) is 0 Å². The number of phenolic OH excluding ortho intramolecular Hbond substituents is 5. The minimum absolute atomic E-state index is 0.0280. The maximum Gasteiger partial charge on any atom is 0.188 e. The van der Waals surface area contributed by atoms with Crippen LogP contribution in [0.25, 0.3) is 0 Å². The highest BCUT2D eigenvalue weighted by atomic mass is 32.2. The Morgan fingerprint density at radius 2 is 0.507 bits per heavy atom. The third-order valence-electron chi connectivity index (χ3n) is 11.9. The van der Waals surface area contributed by atoms with Gasteiger partial charge in [-0.15, -0.1) is 0 Å². The van der Waals surface area contributed by atoms with Crippen molar-refractivity contribution in [3.05, 3.63) is 120 Å². The molecule has 0 saturated carbocycles. The van der Waals surface area contributed by atoms with Gasteiger partial charge in [0.1, 0.15) is 57.5 Å². The standard InChI is InChI=1S/C11H12F2OS.C11H13FOS.C10H10F2OS2.C10H11FOS2.C10H11FOS/c12-9-6-8(7-10(13)11(9)14)15-4-2-1-3-5-15;12-10-8-9(4-5-11(10)13)14-6-2-1-3-7-14;11-8-5-7(6-9(12)10(8)13)15-3-1-14-2-4-15;11-9-7-8(1-2-10(9)12)14-5-3-13-4-6-14;11-9-7-8(3-4-10(9)12)13-5-1-2-6-13/h6-7H,1-5H2;4-5,8H,1-3,6-7H2;5-6H,1-4H2;1-2,7H,3-6H2;3-4,7H,1-2,5-6H2/p+5. The Balaban J connectivity index is 0.000000145. The molecule has 10 rings (SSSR count). The lowest BCUT2D eigenvalue weighted by Gasteiger charge is -2.13. The van der Waals surface area contributed by atoms with Crippen molar-refractivity contribution in [2.24, 2.45) is 0 Å². The fraction of sp³-hybridized carbons (Fsp3) is 0.423. The van der Waals surface area contributed by atoms with E-state index in [1.165, 1.54) is 134 Å². The van der Waals surface area contributed by atoms with Crippen LogP contribution < -0.4 is 0 Å². The van der Waals surface area contributed by atoms with Gasteiger partial charge in [0.25, 0.3) is 0 Å². The minimum Gasteiger partial charge on any atom is -0.505 e. The highest BCUT2D eigenvalue weighted by Crippen LogP contribution is 2.32. The van der Waals surface area contributed by atoms with Crippen LogP contribution in [0.3, 0.4) is 0 Å². The molecule has 19 heteroatoms. The van der Waals surface area contributed by atoms with E-state index in [0.29, 0.717) is 9.79 Å². The molecule has 5 aliphatic heterocycles. The quantitative estimate of drug-likeness (QED) is 0.0883. The molecule has 5 aromatic rings. The maximum absolute atomic E-state index is 13.1. The summed E-state index contributed by atoms with van der Waals surface area (Å²) in [6, 6.07) is 19.4. The van der Waals surface area contributed by atoms with Gasteiger partial charge in [0, 0.05) is 120 Å². The van der Waals surface area contributed by atoms with Crippen LogP contribution in [0.15, 0.2) is 103 Å². The Morgan fingerprint density at radius 1 is 0.282 bits per heavy atom. The monoisotopic (exact) mass is 1120 g/mol. The summed E-state index contributed by atoms with van der Waals surface area (Å²) < 4.78 is 91.6. The SMILES string of the molecule is Oc1c(F)cc([S+]2CCCCC2)cc1F.Oc1c(F)cc([S+]2CCSCC2)cc1F.Oc1ccc([S+]2CCCC2)cc1F.Oc1ccc([S+]2CCCCC2)cc1F.Oc1ccc([S+]2CCSCC2)cc1F. The molecule has 5 nitrogen and oxygen atoms in total. The highest BCUT2D eigenvalue weighted by molar-refractivity contribution is 8.05. The first-order chi connectivity index (χ1) is 34.2. The molecular weight excluding hydrogens is 1060 g/mol. The first kappa shape index (κ1) is 57.3. The van der Waals surface area contributed by atoms with Crippen LogP contribution >= 0.6 is 23.5 Å². The average Bonchev–Trinajstić information content (AvgIpc) is 3.95. The summed E-state index contributed by atoms with van der Waals surface area (Å²) in [5, 5.41) is 45.1. The highest BCUT2D eigenvalue weighted by Gasteiger charge is 2.31. The number of thioether (sulfide) groups is 2. The van der Waals surface area contributed by atoms with E-state index in [9.17, 15) is 30.7 Å². The predicted octanol–water partition coefficient (Wildman–Crippen LogP) is 12.5. The van der Waals surface area contributed by atoms with Gasteiger partial charge in [-0.25, -0.2) is 30.7 Å². The lowest BCUT2D eigenvalue weighted by molar-refractivity contribution is 0.394. The summed E-state index contributed by atoms with van der Waals surface area (Å²) in [4.78, 5) is 4.60. The van der Waals surface area contributed by atoms with E-state index in [1.807, 2.05) is 41.7 Å². The Bertz CT molecular complexity index is 2280. The van der Waals surface area contributed by atoms with Crippen LogP contribution in [0.4, 0.5) is 30.7 Å². The van der Waals surface area contributed by atoms with Gasteiger partial charge in [-0.2, -0.15) is 23.5 Å². The summed E-state index contributed by atoms with van der Waals surface area (Å²) in [6.45, 7) is 0. The molecule has 71 heavy (non-hydrogen) atoms. The third-order valence-corrected chi connectivity index (χ3v) is 26.9. The molecule has 5 aliphatic rings. The van der Waals surface area contributed by atoms with Gasteiger partial charge in [0.05, 0.1) is 0 Å². The van der Waals surface area contributed by atoms with Gasteiger partial charge < -0.3 is 25.5 Å². The Hall–Kier alpha value is -2.94. The van der Waals surface area contributed by atoms with Crippen molar-refractivity contribution in [1.82, 2.24) is 0 Å². The van der Waals surface area contributed by atoms with Crippen LogP contribution in [0.2, 0.25) is 0 Å². The summed E-state index contributed by atoms with van der Waals surface area (Å²) >= 11 is 3.84. The van der Waals surface area contributed by atoms with E-state index < -0.39 is 52.2 Å². The number of halogens is 7. The summed E-state index contributed by atoms with van der Waals surface area (Å²) in [5.41, 5.74) is 0. The molecule has 0 atom stereocenters. The Labute approximate surface area is 436 Å². The number of rotatable bonds is 5. The number of hydrogen-bond donors (Lipinski definition) is 5. The Kier molecular flexibility index (Phi) is 23.6. The van der Waals surface area contributed by atoms with Crippen molar-refractivity contribution in [1.29, 1.82) is 0 Å². The number of benzene rings is 5. The van der Waals surface area contributed by atoms with Gasteiger partial charge in [-0.1, -0.05) is 0 Å². The first-order valence-corrected chi connectivity index (χ1v) is 33.7. The molecule has 0 radical (unpaired) electrons. The molecule has 0 aromatic heterocycles. The fourth-order valence-corrected chi connectivity index (χ4v) is 22.8. The molecule has 5 heterocycles. The number of phenols is 5. The van der Waals surface area contributed by atoms with Crippen molar-refractivity contribution in [2.75, 3.05) is 80.5 Å². The topological polar surface area (TPSA) is 101 Å². The third kappa shape index (κ3) is 17.6. The maximum atomic E-state index is 13.1. The van der Waals surface area contributed by atoms with Crippen LogP contribution in [0.5, 0.6) is 28.7 Å². The molecular formula is C52H62F7O5S7+5.